The Labute approximate surface area is 156 Å². The minimum Gasteiger partial charge on any atom is -0.348 e. The lowest BCUT2D eigenvalue weighted by Crippen LogP contribution is -2.37. The van der Waals surface area contributed by atoms with Crippen LogP contribution in [0, 0.1) is 0 Å². The van der Waals surface area contributed by atoms with Gasteiger partial charge in [0.15, 0.2) is 5.65 Å². The van der Waals surface area contributed by atoms with Crippen LogP contribution in [-0.4, -0.2) is 47.9 Å². The summed E-state index contributed by atoms with van der Waals surface area (Å²) < 4.78 is 3.76. The summed E-state index contributed by atoms with van der Waals surface area (Å²) in [6, 6.07) is 4.18. The third kappa shape index (κ3) is 2.83. The molecular formula is C18H22N8O. The van der Waals surface area contributed by atoms with E-state index in [-0.39, 0.29) is 11.9 Å². The summed E-state index contributed by atoms with van der Waals surface area (Å²) in [6.07, 6.45) is 8.01. The van der Waals surface area contributed by atoms with Crippen molar-refractivity contribution in [2.24, 2.45) is 0 Å². The Morgan fingerprint density at radius 2 is 2.07 bits per heavy atom. The van der Waals surface area contributed by atoms with Crippen LogP contribution < -0.4 is 10.2 Å². The lowest BCUT2D eigenvalue weighted by Gasteiger charge is -2.34. The molecule has 5 rings (SSSR count). The van der Waals surface area contributed by atoms with Crippen molar-refractivity contribution >= 4 is 17.4 Å². The second-order valence-electron chi connectivity index (χ2n) is 7.33. The van der Waals surface area contributed by atoms with Gasteiger partial charge in [0.25, 0.3) is 5.91 Å². The highest BCUT2D eigenvalue weighted by Crippen LogP contribution is 2.29. The van der Waals surface area contributed by atoms with Crippen molar-refractivity contribution in [3.05, 3.63) is 36.2 Å². The van der Waals surface area contributed by atoms with E-state index < -0.39 is 0 Å². The van der Waals surface area contributed by atoms with Crippen LogP contribution >= 0.6 is 0 Å². The Hall–Kier alpha value is -2.97. The van der Waals surface area contributed by atoms with Crippen molar-refractivity contribution < 1.29 is 4.79 Å². The van der Waals surface area contributed by atoms with E-state index in [2.05, 4.69) is 42.0 Å². The average Bonchev–Trinajstić information content (AvgIpc) is 3.41. The van der Waals surface area contributed by atoms with Gasteiger partial charge in [-0.25, -0.2) is 4.98 Å². The second kappa shape index (κ2) is 6.33. The van der Waals surface area contributed by atoms with Gasteiger partial charge in [-0.3, -0.25) is 4.79 Å². The molecule has 9 heteroatoms. The summed E-state index contributed by atoms with van der Waals surface area (Å²) in [4.78, 5) is 19.4. The summed E-state index contributed by atoms with van der Waals surface area (Å²) in [7, 11) is 0. The quantitative estimate of drug-likeness (QED) is 0.756. The SMILES string of the molecule is CC1c2nc(C(=O)NC3CCCC3)cn2CCN1c1ccc2nncn2n1. The van der Waals surface area contributed by atoms with E-state index in [0.29, 0.717) is 11.7 Å². The number of hydrogen-bond donors (Lipinski definition) is 1. The predicted octanol–water partition coefficient (Wildman–Crippen LogP) is 1.57. The number of nitrogens with one attached hydrogen (secondary N) is 1. The lowest BCUT2D eigenvalue weighted by molar-refractivity contribution is 0.0933. The van der Waals surface area contributed by atoms with Crippen molar-refractivity contribution in [2.45, 2.75) is 51.2 Å². The lowest BCUT2D eigenvalue weighted by atomic mass is 10.2. The largest absolute Gasteiger partial charge is 0.348 e. The van der Waals surface area contributed by atoms with Gasteiger partial charge in [0.05, 0.1) is 6.04 Å². The van der Waals surface area contributed by atoms with Crippen molar-refractivity contribution in [2.75, 3.05) is 11.4 Å². The number of carbonyl (C=O) groups excluding carboxylic acids is 1. The number of imidazole rings is 1. The molecule has 27 heavy (non-hydrogen) atoms. The summed E-state index contributed by atoms with van der Waals surface area (Å²) in [6.45, 7) is 3.66. The zero-order valence-electron chi connectivity index (χ0n) is 15.2. The van der Waals surface area contributed by atoms with E-state index in [1.165, 1.54) is 12.8 Å². The number of amides is 1. The van der Waals surface area contributed by atoms with Crippen LogP contribution in [-0.2, 0) is 6.54 Å². The Morgan fingerprint density at radius 3 is 2.93 bits per heavy atom. The van der Waals surface area contributed by atoms with Crippen LogP contribution in [0.4, 0.5) is 5.82 Å². The molecule has 1 saturated carbocycles. The highest BCUT2D eigenvalue weighted by atomic mass is 16.2. The van der Waals surface area contributed by atoms with Crippen LogP contribution in [0.25, 0.3) is 5.65 Å². The van der Waals surface area contributed by atoms with Crippen LogP contribution in [0.3, 0.4) is 0 Å². The van der Waals surface area contributed by atoms with E-state index in [9.17, 15) is 4.79 Å². The standard InChI is InChI=1S/C18H22N8O/c1-12-17-21-14(18(27)20-13-4-2-3-5-13)10-24(17)8-9-25(12)16-7-6-15-22-19-11-26(15)23-16/h6-7,10-13H,2-5,8-9H2,1H3,(H,20,27). The van der Waals surface area contributed by atoms with Gasteiger partial charge in [-0.1, -0.05) is 12.8 Å². The number of anilines is 1. The normalized spacial score (nSPS) is 20.2. The zero-order chi connectivity index (χ0) is 18.4. The van der Waals surface area contributed by atoms with E-state index in [0.717, 1.165) is 43.2 Å². The molecule has 1 fully saturated rings. The maximum absolute atomic E-state index is 12.6. The third-order valence-corrected chi connectivity index (χ3v) is 5.60. The predicted molar refractivity (Wildman–Crippen MR) is 98.5 cm³/mol. The maximum atomic E-state index is 12.6. The minimum absolute atomic E-state index is 0.0215. The van der Waals surface area contributed by atoms with Gasteiger partial charge in [0.2, 0.25) is 0 Å². The average molecular weight is 366 g/mol. The molecule has 3 aromatic rings. The second-order valence-corrected chi connectivity index (χ2v) is 7.33. The van der Waals surface area contributed by atoms with Crippen LogP contribution in [0.5, 0.6) is 0 Å². The Bertz CT molecular complexity index is 986. The molecule has 2 aliphatic rings. The van der Waals surface area contributed by atoms with E-state index in [1.807, 2.05) is 18.3 Å². The van der Waals surface area contributed by atoms with Crippen molar-refractivity contribution in [1.29, 1.82) is 0 Å². The molecule has 3 aromatic heterocycles. The highest BCUT2D eigenvalue weighted by molar-refractivity contribution is 5.92. The molecule has 1 unspecified atom stereocenters. The van der Waals surface area contributed by atoms with Crippen LogP contribution in [0.15, 0.2) is 24.7 Å². The number of rotatable bonds is 3. The number of nitrogens with zero attached hydrogens (tertiary/aromatic N) is 7. The molecule has 1 N–H and O–H groups in total. The first-order chi connectivity index (χ1) is 13.2. The molecule has 1 aliphatic carbocycles. The van der Waals surface area contributed by atoms with Crippen molar-refractivity contribution in [1.82, 2.24) is 34.7 Å². The molecule has 1 aliphatic heterocycles. The monoisotopic (exact) mass is 366 g/mol. The molecule has 1 atom stereocenters. The number of fused-ring (bicyclic) bond motifs is 2. The summed E-state index contributed by atoms with van der Waals surface area (Å²) >= 11 is 0. The number of aromatic nitrogens is 6. The van der Waals surface area contributed by atoms with Crippen LogP contribution in [0.1, 0.15) is 55.0 Å². The highest BCUT2D eigenvalue weighted by Gasteiger charge is 2.29. The van der Waals surface area contributed by atoms with E-state index >= 15 is 0 Å². The Balaban J connectivity index is 1.38. The first-order valence-corrected chi connectivity index (χ1v) is 9.51. The van der Waals surface area contributed by atoms with E-state index in [4.69, 9.17) is 0 Å². The summed E-state index contributed by atoms with van der Waals surface area (Å²) in [5.74, 6) is 1.68. The van der Waals surface area contributed by atoms with E-state index in [1.54, 1.807) is 10.8 Å². The van der Waals surface area contributed by atoms with Gasteiger partial charge < -0.3 is 14.8 Å². The minimum atomic E-state index is -0.0633. The zero-order valence-corrected chi connectivity index (χ0v) is 15.2. The summed E-state index contributed by atoms with van der Waals surface area (Å²) in [5, 5.41) is 15.6. The molecule has 140 valence electrons. The first-order valence-electron chi connectivity index (χ1n) is 9.51. The molecule has 0 aromatic carbocycles. The molecule has 4 heterocycles. The van der Waals surface area contributed by atoms with Crippen molar-refractivity contribution in [3.63, 3.8) is 0 Å². The number of hydrogen-bond acceptors (Lipinski definition) is 6. The number of carbonyl (C=O) groups is 1. The third-order valence-electron chi connectivity index (χ3n) is 5.60. The summed E-state index contributed by atoms with van der Waals surface area (Å²) in [5.41, 5.74) is 1.23. The fourth-order valence-electron chi connectivity index (χ4n) is 4.11. The van der Waals surface area contributed by atoms with Gasteiger partial charge in [-0.15, -0.1) is 15.3 Å². The molecule has 0 bridgehead atoms. The molecule has 9 nitrogen and oxygen atoms in total. The fourth-order valence-corrected chi connectivity index (χ4v) is 4.11. The smallest absolute Gasteiger partial charge is 0.271 e. The molecule has 0 radical (unpaired) electrons. The van der Waals surface area contributed by atoms with Crippen LogP contribution in [0.2, 0.25) is 0 Å². The molecule has 0 saturated heterocycles. The van der Waals surface area contributed by atoms with Gasteiger partial charge in [-0.2, -0.15) is 4.52 Å². The van der Waals surface area contributed by atoms with Gasteiger partial charge in [-0.05, 0) is 31.9 Å². The molecule has 0 spiro atoms. The van der Waals surface area contributed by atoms with Gasteiger partial charge in [0, 0.05) is 25.3 Å². The molecular weight excluding hydrogens is 344 g/mol. The Morgan fingerprint density at radius 1 is 1.22 bits per heavy atom. The van der Waals surface area contributed by atoms with Crippen molar-refractivity contribution in [3.8, 4) is 0 Å². The maximum Gasteiger partial charge on any atom is 0.271 e. The first kappa shape index (κ1) is 16.2. The van der Waals surface area contributed by atoms with Gasteiger partial charge in [0.1, 0.15) is 23.7 Å². The molecule has 1 amide bonds. The fraction of sp³-hybridized carbons (Fsp3) is 0.500. The Kier molecular flexibility index (Phi) is 3.80. The van der Waals surface area contributed by atoms with Gasteiger partial charge >= 0.3 is 0 Å². The topological polar surface area (TPSA) is 93.2 Å².